The van der Waals surface area contributed by atoms with Gasteiger partial charge in [0, 0.05) is 13.1 Å². The summed E-state index contributed by atoms with van der Waals surface area (Å²) in [6.07, 6.45) is 4.08. The lowest BCUT2D eigenvalue weighted by molar-refractivity contribution is 0.262. The van der Waals surface area contributed by atoms with E-state index in [-0.39, 0.29) is 6.17 Å². The van der Waals surface area contributed by atoms with Crippen molar-refractivity contribution in [2.75, 3.05) is 20.7 Å². The Morgan fingerprint density at radius 1 is 1.23 bits per heavy atom. The summed E-state index contributed by atoms with van der Waals surface area (Å²) in [5.74, 6) is 1.19. The fourth-order valence-corrected chi connectivity index (χ4v) is 3.10. The van der Waals surface area contributed by atoms with Crippen LogP contribution in [0.1, 0.15) is 24.0 Å². The molecular formula is C19H26N6O. The van der Waals surface area contributed by atoms with Crippen LogP contribution in [0.15, 0.2) is 45.8 Å². The van der Waals surface area contributed by atoms with E-state index in [4.69, 9.17) is 10.5 Å². The number of amidine groups is 1. The zero-order chi connectivity index (χ0) is 18.1. The molecule has 0 spiro atoms. The molecule has 138 valence electrons. The third kappa shape index (κ3) is 3.83. The predicted octanol–water partition coefficient (Wildman–Crippen LogP) is 1.43. The molecule has 3 N–H and O–H groups in total. The van der Waals surface area contributed by atoms with E-state index in [1.54, 1.807) is 0 Å². The highest BCUT2D eigenvalue weighted by Crippen LogP contribution is 2.29. The standard InChI is InChI=1S/C19H26N6O/c1-24(2)9-13-3-5-14(6-4-13)10-25-12-21-16-17(20)22-19(23-18(16)25)26-11-15-7-8-15/h3-6,12,15,18H,7-11,20H2,1-2H3,(H,22,23). The first kappa shape index (κ1) is 16.9. The summed E-state index contributed by atoms with van der Waals surface area (Å²) in [6, 6.07) is 9.16. The molecule has 1 aliphatic carbocycles. The molecule has 0 radical (unpaired) electrons. The van der Waals surface area contributed by atoms with Crippen molar-refractivity contribution >= 4 is 12.4 Å². The highest BCUT2D eigenvalue weighted by Gasteiger charge is 2.32. The minimum absolute atomic E-state index is 0.216. The van der Waals surface area contributed by atoms with E-state index >= 15 is 0 Å². The van der Waals surface area contributed by atoms with E-state index in [2.05, 4.69) is 63.5 Å². The third-order valence-electron chi connectivity index (χ3n) is 4.70. The molecule has 1 saturated carbocycles. The van der Waals surface area contributed by atoms with Crippen LogP contribution in [0.3, 0.4) is 0 Å². The van der Waals surface area contributed by atoms with Gasteiger partial charge in [-0.2, -0.15) is 0 Å². The van der Waals surface area contributed by atoms with Gasteiger partial charge in [0.2, 0.25) is 0 Å². The summed E-state index contributed by atoms with van der Waals surface area (Å²) in [6.45, 7) is 2.37. The number of nitrogens with zero attached hydrogens (tertiary/aromatic N) is 4. The Morgan fingerprint density at radius 3 is 2.65 bits per heavy atom. The normalized spacial score (nSPS) is 21.7. The summed E-state index contributed by atoms with van der Waals surface area (Å²) in [5, 5.41) is 3.02. The van der Waals surface area contributed by atoms with E-state index in [1.165, 1.54) is 24.0 Å². The SMILES string of the molecule is CN(C)Cc1ccc(CN2C=NC3=C(N)NC(OCC4CC4)=NC32)cc1. The molecule has 0 aromatic heterocycles. The second-order valence-corrected chi connectivity index (χ2v) is 7.46. The van der Waals surface area contributed by atoms with Gasteiger partial charge < -0.3 is 20.3 Å². The fourth-order valence-electron chi connectivity index (χ4n) is 3.10. The number of ether oxygens (including phenoxy) is 1. The van der Waals surface area contributed by atoms with E-state index in [9.17, 15) is 0 Å². The molecule has 1 atom stereocenters. The number of hydrogen-bond acceptors (Lipinski definition) is 7. The van der Waals surface area contributed by atoms with Crippen LogP contribution < -0.4 is 11.1 Å². The second-order valence-electron chi connectivity index (χ2n) is 7.46. The van der Waals surface area contributed by atoms with Crippen LogP contribution in [-0.4, -0.2) is 49.0 Å². The molecule has 2 heterocycles. The quantitative estimate of drug-likeness (QED) is 0.808. The first-order valence-corrected chi connectivity index (χ1v) is 9.08. The van der Waals surface area contributed by atoms with Crippen molar-refractivity contribution in [1.29, 1.82) is 0 Å². The highest BCUT2D eigenvalue weighted by atomic mass is 16.5. The molecule has 0 saturated heterocycles. The Bertz CT molecular complexity index is 748. The maximum atomic E-state index is 6.12. The minimum atomic E-state index is -0.216. The fraction of sp³-hybridized carbons (Fsp3) is 0.474. The molecule has 1 unspecified atom stereocenters. The zero-order valence-electron chi connectivity index (χ0n) is 15.4. The van der Waals surface area contributed by atoms with Gasteiger partial charge in [-0.05, 0) is 44.0 Å². The third-order valence-corrected chi connectivity index (χ3v) is 4.70. The van der Waals surface area contributed by atoms with Crippen molar-refractivity contribution in [3.05, 3.63) is 46.9 Å². The van der Waals surface area contributed by atoms with Gasteiger partial charge in [0.05, 0.1) is 12.9 Å². The number of aliphatic imine (C=N–C) groups is 2. The van der Waals surface area contributed by atoms with E-state index in [0.717, 1.165) is 18.8 Å². The van der Waals surface area contributed by atoms with Gasteiger partial charge >= 0.3 is 0 Å². The first-order valence-electron chi connectivity index (χ1n) is 9.08. The second kappa shape index (κ2) is 6.99. The van der Waals surface area contributed by atoms with Crippen LogP contribution in [0.4, 0.5) is 0 Å². The molecule has 4 rings (SSSR count). The van der Waals surface area contributed by atoms with E-state index in [0.29, 0.717) is 24.4 Å². The van der Waals surface area contributed by atoms with E-state index in [1.807, 2.05) is 6.34 Å². The Hall–Kier alpha value is -2.54. The molecule has 1 fully saturated rings. The molecule has 2 aliphatic heterocycles. The lowest BCUT2D eigenvalue weighted by Gasteiger charge is -2.26. The van der Waals surface area contributed by atoms with Gasteiger partial charge in [-0.1, -0.05) is 24.3 Å². The molecular weight excluding hydrogens is 328 g/mol. The number of nitrogens with two attached hydrogens (primary N) is 1. The first-order chi connectivity index (χ1) is 12.6. The van der Waals surface area contributed by atoms with Crippen LogP contribution in [0.5, 0.6) is 0 Å². The molecule has 3 aliphatic rings. The van der Waals surface area contributed by atoms with Crippen LogP contribution in [0, 0.1) is 5.92 Å². The monoisotopic (exact) mass is 354 g/mol. The maximum absolute atomic E-state index is 6.12. The van der Waals surface area contributed by atoms with Crippen molar-refractivity contribution in [3.63, 3.8) is 0 Å². The van der Waals surface area contributed by atoms with Crippen LogP contribution in [0.2, 0.25) is 0 Å². The minimum Gasteiger partial charge on any atom is -0.465 e. The van der Waals surface area contributed by atoms with Crippen molar-refractivity contribution in [3.8, 4) is 0 Å². The summed E-state index contributed by atoms with van der Waals surface area (Å²) in [7, 11) is 4.15. The summed E-state index contributed by atoms with van der Waals surface area (Å²) < 4.78 is 5.77. The van der Waals surface area contributed by atoms with Crippen molar-refractivity contribution < 1.29 is 4.74 Å². The number of fused-ring (bicyclic) bond motifs is 1. The van der Waals surface area contributed by atoms with Gasteiger partial charge in [0.1, 0.15) is 11.5 Å². The lowest BCUT2D eigenvalue weighted by atomic mass is 10.1. The Kier molecular flexibility index (Phi) is 4.55. The summed E-state index contributed by atoms with van der Waals surface area (Å²) >= 11 is 0. The molecule has 26 heavy (non-hydrogen) atoms. The molecule has 1 aromatic rings. The Labute approximate surface area is 154 Å². The van der Waals surface area contributed by atoms with Gasteiger partial charge in [-0.25, -0.2) is 9.98 Å². The average Bonchev–Trinajstić information content (AvgIpc) is 3.35. The molecule has 1 aromatic carbocycles. The lowest BCUT2D eigenvalue weighted by Crippen LogP contribution is -2.41. The molecule has 0 amide bonds. The Balaban J connectivity index is 1.43. The Morgan fingerprint density at radius 2 is 1.96 bits per heavy atom. The number of nitrogens with one attached hydrogen (secondary N) is 1. The van der Waals surface area contributed by atoms with Crippen molar-refractivity contribution in [2.45, 2.75) is 32.1 Å². The number of benzene rings is 1. The van der Waals surface area contributed by atoms with Crippen LogP contribution >= 0.6 is 0 Å². The molecule has 7 heteroatoms. The predicted molar refractivity (Wildman–Crippen MR) is 102 cm³/mol. The number of hydrogen-bond donors (Lipinski definition) is 2. The average molecular weight is 354 g/mol. The van der Waals surface area contributed by atoms with E-state index < -0.39 is 0 Å². The molecule has 7 nitrogen and oxygen atoms in total. The van der Waals surface area contributed by atoms with Crippen LogP contribution in [0.25, 0.3) is 0 Å². The van der Waals surface area contributed by atoms with Gasteiger partial charge in [0.25, 0.3) is 6.02 Å². The zero-order valence-corrected chi connectivity index (χ0v) is 15.4. The van der Waals surface area contributed by atoms with Crippen LogP contribution in [-0.2, 0) is 17.8 Å². The van der Waals surface area contributed by atoms with Gasteiger partial charge in [-0.15, -0.1) is 0 Å². The van der Waals surface area contributed by atoms with Gasteiger partial charge in [-0.3, -0.25) is 5.32 Å². The summed E-state index contributed by atoms with van der Waals surface area (Å²) in [4.78, 5) is 13.4. The largest absolute Gasteiger partial charge is 0.465 e. The van der Waals surface area contributed by atoms with Crippen molar-refractivity contribution in [2.24, 2.45) is 21.6 Å². The number of rotatable bonds is 6. The maximum Gasteiger partial charge on any atom is 0.292 e. The van der Waals surface area contributed by atoms with Crippen molar-refractivity contribution in [1.82, 2.24) is 15.1 Å². The summed E-state index contributed by atoms with van der Waals surface area (Å²) in [5.41, 5.74) is 9.39. The smallest absolute Gasteiger partial charge is 0.292 e. The molecule has 0 bridgehead atoms. The highest BCUT2D eigenvalue weighted by molar-refractivity contribution is 5.79. The topological polar surface area (TPSA) is 78.5 Å². The van der Waals surface area contributed by atoms with Gasteiger partial charge in [0.15, 0.2) is 6.17 Å².